The van der Waals surface area contributed by atoms with E-state index in [2.05, 4.69) is 0 Å². The molecule has 1 aliphatic rings. The second kappa shape index (κ2) is 7.96. The fourth-order valence-electron chi connectivity index (χ4n) is 3.34. The number of nitrogens with zero attached hydrogens (tertiary/aromatic N) is 1. The van der Waals surface area contributed by atoms with Crippen LogP contribution in [0.2, 0.25) is 0 Å². The maximum Gasteiger partial charge on any atom is 0.305 e. The second-order valence-corrected chi connectivity index (χ2v) is 6.90. The van der Waals surface area contributed by atoms with Crippen molar-refractivity contribution in [2.45, 2.75) is 24.0 Å². The van der Waals surface area contributed by atoms with Gasteiger partial charge in [0.2, 0.25) is 0 Å². The number of ether oxygens (including phenoxy) is 2. The zero-order valence-corrected chi connectivity index (χ0v) is 16.2. The first kappa shape index (κ1) is 19.2. The number of carbonyl (C=O) groups excluding carboxylic acids is 1. The number of carbonyl (C=O) groups is 2. The molecule has 0 saturated heterocycles. The third kappa shape index (κ3) is 3.75. The van der Waals surface area contributed by atoms with Crippen molar-refractivity contribution in [3.05, 3.63) is 41.2 Å². The fourth-order valence-corrected chi connectivity index (χ4v) is 3.72. The van der Waals surface area contributed by atoms with Gasteiger partial charge in [-0.3, -0.25) is 9.59 Å². The summed E-state index contributed by atoms with van der Waals surface area (Å²) in [7, 11) is 3.08. The number of methoxy groups -OCH3 is 2. The molecule has 3 rings (SSSR count). The van der Waals surface area contributed by atoms with E-state index in [1.807, 2.05) is 12.3 Å². The highest BCUT2D eigenvalue weighted by Gasteiger charge is 2.35. The molecule has 1 aliphatic heterocycles. The van der Waals surface area contributed by atoms with Gasteiger partial charge >= 0.3 is 5.97 Å². The van der Waals surface area contributed by atoms with Gasteiger partial charge < -0.3 is 23.9 Å². The van der Waals surface area contributed by atoms with E-state index in [1.165, 1.54) is 18.9 Å². The van der Waals surface area contributed by atoms with E-state index in [4.69, 9.17) is 13.9 Å². The summed E-state index contributed by atoms with van der Waals surface area (Å²) in [4.78, 5) is 26.0. The quantitative estimate of drug-likeness (QED) is 0.756. The van der Waals surface area contributed by atoms with E-state index in [-0.39, 0.29) is 18.1 Å². The number of hydrogen-bond donors (Lipinski definition) is 1. The van der Waals surface area contributed by atoms with Crippen molar-refractivity contribution in [3.8, 4) is 11.5 Å². The third-order valence-electron chi connectivity index (χ3n) is 4.62. The summed E-state index contributed by atoms with van der Waals surface area (Å²) in [6, 6.07) is 6.35. The van der Waals surface area contributed by atoms with Crippen LogP contribution in [-0.2, 0) is 11.2 Å². The molecule has 2 aromatic rings. The Kier molecular flexibility index (Phi) is 5.65. The lowest BCUT2D eigenvalue weighted by Gasteiger charge is -2.36. The molecule has 0 aliphatic carbocycles. The molecule has 27 heavy (non-hydrogen) atoms. The molecule has 1 atom stereocenters. The smallest absolute Gasteiger partial charge is 0.305 e. The van der Waals surface area contributed by atoms with Crippen LogP contribution in [0.15, 0.2) is 33.8 Å². The van der Waals surface area contributed by atoms with Gasteiger partial charge in [-0.1, -0.05) is 11.8 Å². The Balaban J connectivity index is 2.01. The van der Waals surface area contributed by atoms with Crippen LogP contribution in [0, 0.1) is 0 Å². The van der Waals surface area contributed by atoms with Crippen molar-refractivity contribution >= 4 is 23.6 Å². The highest BCUT2D eigenvalue weighted by atomic mass is 32.2. The lowest BCUT2D eigenvalue weighted by molar-refractivity contribution is -0.138. The largest absolute Gasteiger partial charge is 0.493 e. The Hall–Kier alpha value is -2.61. The van der Waals surface area contributed by atoms with Crippen LogP contribution in [0.4, 0.5) is 0 Å². The lowest BCUT2D eigenvalue weighted by atomic mass is 9.89. The Morgan fingerprint density at radius 1 is 1.26 bits per heavy atom. The molecular weight excluding hydrogens is 370 g/mol. The Labute approximate surface area is 161 Å². The number of rotatable bonds is 6. The van der Waals surface area contributed by atoms with Gasteiger partial charge in [0.1, 0.15) is 0 Å². The number of benzene rings is 1. The van der Waals surface area contributed by atoms with Gasteiger partial charge in [-0.05, 0) is 48.1 Å². The number of amides is 1. The summed E-state index contributed by atoms with van der Waals surface area (Å²) in [5, 5.41) is 10.0. The van der Waals surface area contributed by atoms with Crippen LogP contribution in [0.3, 0.4) is 0 Å². The van der Waals surface area contributed by atoms with Crippen molar-refractivity contribution in [3.63, 3.8) is 0 Å². The van der Waals surface area contributed by atoms with Crippen LogP contribution in [-0.4, -0.2) is 48.9 Å². The summed E-state index contributed by atoms with van der Waals surface area (Å²) in [6.07, 6.45) is 2.25. The molecular formula is C19H21NO6S. The predicted molar refractivity (Wildman–Crippen MR) is 99.8 cm³/mol. The van der Waals surface area contributed by atoms with Gasteiger partial charge in [0.25, 0.3) is 5.91 Å². The highest BCUT2D eigenvalue weighted by molar-refractivity contribution is 7.98. The molecule has 0 fully saturated rings. The van der Waals surface area contributed by atoms with Gasteiger partial charge in [-0.15, -0.1) is 0 Å². The first-order valence-electron chi connectivity index (χ1n) is 8.39. The first-order chi connectivity index (χ1) is 13.0. The lowest BCUT2D eigenvalue weighted by Crippen LogP contribution is -2.41. The van der Waals surface area contributed by atoms with E-state index in [0.29, 0.717) is 29.6 Å². The highest BCUT2D eigenvalue weighted by Crippen LogP contribution is 2.40. The van der Waals surface area contributed by atoms with Crippen LogP contribution in [0.25, 0.3) is 0 Å². The average molecular weight is 391 g/mol. The summed E-state index contributed by atoms with van der Waals surface area (Å²) in [5.74, 6) is -0.00492. The second-order valence-electron chi connectivity index (χ2n) is 6.09. The van der Waals surface area contributed by atoms with Gasteiger partial charge in [-0.25, -0.2) is 0 Å². The van der Waals surface area contributed by atoms with E-state index in [0.717, 1.165) is 11.1 Å². The van der Waals surface area contributed by atoms with Crippen molar-refractivity contribution < 1.29 is 28.6 Å². The Morgan fingerprint density at radius 2 is 1.96 bits per heavy atom. The maximum absolute atomic E-state index is 13.0. The van der Waals surface area contributed by atoms with Crippen molar-refractivity contribution in [2.24, 2.45) is 0 Å². The topological polar surface area (TPSA) is 89.2 Å². The molecule has 0 radical (unpaired) electrons. The van der Waals surface area contributed by atoms with Crippen LogP contribution < -0.4 is 9.47 Å². The van der Waals surface area contributed by atoms with Gasteiger partial charge in [0.15, 0.2) is 22.4 Å². The van der Waals surface area contributed by atoms with Crippen LogP contribution in [0.5, 0.6) is 11.5 Å². The molecule has 0 spiro atoms. The van der Waals surface area contributed by atoms with Gasteiger partial charge in [0.05, 0.1) is 26.7 Å². The Bertz CT molecular complexity index is 862. The van der Waals surface area contributed by atoms with Crippen LogP contribution >= 0.6 is 11.8 Å². The Morgan fingerprint density at radius 3 is 2.56 bits per heavy atom. The zero-order valence-electron chi connectivity index (χ0n) is 15.4. The van der Waals surface area contributed by atoms with E-state index in [9.17, 15) is 14.7 Å². The number of carboxylic acid groups (broad SMARTS) is 1. The summed E-state index contributed by atoms with van der Waals surface area (Å²) >= 11 is 1.40. The van der Waals surface area contributed by atoms with Crippen LogP contribution in [0.1, 0.15) is 34.1 Å². The van der Waals surface area contributed by atoms with Gasteiger partial charge in [0, 0.05) is 6.54 Å². The molecule has 1 unspecified atom stereocenters. The normalized spacial score (nSPS) is 16.0. The molecule has 0 saturated carbocycles. The van der Waals surface area contributed by atoms with E-state index in [1.54, 1.807) is 30.2 Å². The number of thioether (sulfide) groups is 1. The molecule has 2 heterocycles. The molecule has 144 valence electrons. The average Bonchev–Trinajstić information content (AvgIpc) is 3.15. The molecule has 1 aromatic carbocycles. The van der Waals surface area contributed by atoms with E-state index < -0.39 is 12.0 Å². The molecule has 0 bridgehead atoms. The summed E-state index contributed by atoms with van der Waals surface area (Å²) < 4.78 is 16.2. The standard InChI is InChI=1S/C19H21NO6S/c1-24-15-8-11-6-7-20(19(23)14-4-5-18(26-14)27-3)13(10-17(21)22)12(11)9-16(15)25-2/h4-5,8-9,13H,6-7,10H2,1-3H3,(H,21,22). The van der Waals surface area contributed by atoms with Crippen molar-refractivity contribution in [1.82, 2.24) is 4.90 Å². The maximum atomic E-state index is 13.0. The molecule has 1 N–H and O–H groups in total. The number of hydrogen-bond acceptors (Lipinski definition) is 6. The van der Waals surface area contributed by atoms with Crippen molar-refractivity contribution in [2.75, 3.05) is 27.0 Å². The number of carboxylic acids is 1. The zero-order chi connectivity index (χ0) is 19.6. The molecule has 8 heteroatoms. The third-order valence-corrected chi connectivity index (χ3v) is 5.25. The molecule has 1 aromatic heterocycles. The predicted octanol–water partition coefficient (Wildman–Crippen LogP) is 3.23. The minimum Gasteiger partial charge on any atom is -0.493 e. The number of furan rings is 1. The molecule has 7 nitrogen and oxygen atoms in total. The molecule has 1 amide bonds. The SMILES string of the molecule is COc1cc2c(cc1OC)C(CC(=O)O)N(C(=O)c1ccc(SC)o1)CC2. The van der Waals surface area contributed by atoms with Crippen molar-refractivity contribution in [1.29, 1.82) is 0 Å². The monoisotopic (exact) mass is 391 g/mol. The summed E-state index contributed by atoms with van der Waals surface area (Å²) in [5.41, 5.74) is 1.71. The fraction of sp³-hybridized carbons (Fsp3) is 0.368. The minimum absolute atomic E-state index is 0.204. The van der Waals surface area contributed by atoms with Gasteiger partial charge in [-0.2, -0.15) is 0 Å². The summed E-state index contributed by atoms with van der Waals surface area (Å²) in [6.45, 7) is 0.397. The number of fused-ring (bicyclic) bond motifs is 1. The first-order valence-corrected chi connectivity index (χ1v) is 9.62. The minimum atomic E-state index is -0.982. The van der Waals surface area contributed by atoms with E-state index >= 15 is 0 Å². The number of aliphatic carboxylic acids is 1.